The first-order valence-electron chi connectivity index (χ1n) is 4.70. The molecule has 0 aromatic rings. The van der Waals surface area contributed by atoms with E-state index in [9.17, 15) is 0 Å². The Morgan fingerprint density at radius 1 is 1.55 bits per heavy atom. The van der Waals surface area contributed by atoms with Gasteiger partial charge in [0.15, 0.2) is 0 Å². The highest BCUT2D eigenvalue weighted by Crippen LogP contribution is 2.22. The predicted molar refractivity (Wildman–Crippen MR) is 48.5 cm³/mol. The minimum Gasteiger partial charge on any atom is -0.329 e. The molecule has 1 heterocycles. The highest BCUT2D eigenvalue weighted by Gasteiger charge is 2.25. The van der Waals surface area contributed by atoms with Crippen LogP contribution in [0.1, 0.15) is 26.7 Å². The molecule has 1 atom stereocenters. The molecule has 0 bridgehead atoms. The summed E-state index contributed by atoms with van der Waals surface area (Å²) in [5.74, 6) is 0.795. The van der Waals surface area contributed by atoms with E-state index in [1.807, 2.05) is 0 Å². The molecule has 0 amide bonds. The number of likely N-dealkylation sites (tertiary alicyclic amines) is 1. The van der Waals surface area contributed by atoms with Crippen molar-refractivity contribution >= 4 is 0 Å². The lowest BCUT2D eigenvalue weighted by Gasteiger charge is -2.26. The van der Waals surface area contributed by atoms with Gasteiger partial charge in [0.25, 0.3) is 0 Å². The van der Waals surface area contributed by atoms with E-state index >= 15 is 0 Å². The summed E-state index contributed by atoms with van der Waals surface area (Å²) in [5.41, 5.74) is 5.53. The van der Waals surface area contributed by atoms with E-state index in [-0.39, 0.29) is 0 Å². The highest BCUT2D eigenvalue weighted by molar-refractivity contribution is 4.81. The lowest BCUT2D eigenvalue weighted by Crippen LogP contribution is -2.36. The molecule has 2 N–H and O–H groups in total. The van der Waals surface area contributed by atoms with Crippen molar-refractivity contribution in [3.63, 3.8) is 0 Å². The maximum atomic E-state index is 5.53. The minimum absolute atomic E-state index is 0.795. The molecule has 2 heteroatoms. The van der Waals surface area contributed by atoms with Gasteiger partial charge >= 0.3 is 0 Å². The summed E-state index contributed by atoms with van der Waals surface area (Å²) in [6.07, 6.45) is 2.74. The van der Waals surface area contributed by atoms with Crippen LogP contribution in [0.2, 0.25) is 0 Å². The molecule has 1 rings (SSSR count). The van der Waals surface area contributed by atoms with Crippen LogP contribution in [0.25, 0.3) is 0 Å². The van der Waals surface area contributed by atoms with Gasteiger partial charge in [-0.1, -0.05) is 13.8 Å². The Kier molecular flexibility index (Phi) is 3.34. The molecule has 0 saturated carbocycles. The maximum absolute atomic E-state index is 5.53. The van der Waals surface area contributed by atoms with Gasteiger partial charge in [-0.3, -0.25) is 4.90 Å². The van der Waals surface area contributed by atoms with Crippen LogP contribution in [0, 0.1) is 5.92 Å². The summed E-state index contributed by atoms with van der Waals surface area (Å²) < 4.78 is 0. The molecule has 1 fully saturated rings. The van der Waals surface area contributed by atoms with Crippen LogP contribution in [0.15, 0.2) is 0 Å². The topological polar surface area (TPSA) is 29.3 Å². The van der Waals surface area contributed by atoms with Crippen molar-refractivity contribution in [3.8, 4) is 0 Å². The largest absolute Gasteiger partial charge is 0.329 e. The maximum Gasteiger partial charge on any atom is 0.0119 e. The van der Waals surface area contributed by atoms with Crippen LogP contribution < -0.4 is 5.73 Å². The fraction of sp³-hybridized carbons (Fsp3) is 1.00. The van der Waals surface area contributed by atoms with Gasteiger partial charge in [0.05, 0.1) is 0 Å². The Bertz CT molecular complexity index is 112. The molecule has 0 radical (unpaired) electrons. The number of nitrogens with zero attached hydrogens (tertiary/aromatic N) is 1. The SMILES string of the molecule is CC(C)C1CCCN1CCN. The van der Waals surface area contributed by atoms with Gasteiger partial charge in [0.1, 0.15) is 0 Å². The van der Waals surface area contributed by atoms with E-state index in [4.69, 9.17) is 5.73 Å². The Hall–Kier alpha value is -0.0800. The standard InChI is InChI=1S/C9H20N2/c1-8(2)9-4-3-6-11(9)7-5-10/h8-9H,3-7,10H2,1-2H3. The molecule has 1 unspecified atom stereocenters. The fourth-order valence-electron chi connectivity index (χ4n) is 2.05. The highest BCUT2D eigenvalue weighted by atomic mass is 15.2. The second-order valence-corrected chi connectivity index (χ2v) is 3.78. The zero-order chi connectivity index (χ0) is 8.27. The van der Waals surface area contributed by atoms with Crippen LogP contribution in [0.3, 0.4) is 0 Å². The first-order valence-corrected chi connectivity index (χ1v) is 4.70. The van der Waals surface area contributed by atoms with E-state index in [1.54, 1.807) is 0 Å². The normalized spacial score (nSPS) is 26.7. The third-order valence-corrected chi connectivity index (χ3v) is 2.60. The van der Waals surface area contributed by atoms with Crippen LogP contribution in [-0.4, -0.2) is 30.6 Å². The molecular formula is C9H20N2. The van der Waals surface area contributed by atoms with Gasteiger partial charge < -0.3 is 5.73 Å². The average molecular weight is 156 g/mol. The zero-order valence-corrected chi connectivity index (χ0v) is 7.71. The van der Waals surface area contributed by atoms with Crippen LogP contribution in [0.4, 0.5) is 0 Å². The molecule has 1 aliphatic rings. The van der Waals surface area contributed by atoms with Crippen molar-refractivity contribution in [2.75, 3.05) is 19.6 Å². The predicted octanol–water partition coefficient (Wildman–Crippen LogP) is 1.07. The van der Waals surface area contributed by atoms with Gasteiger partial charge in [-0.25, -0.2) is 0 Å². The first-order chi connectivity index (χ1) is 5.25. The minimum atomic E-state index is 0.795. The van der Waals surface area contributed by atoms with E-state index in [2.05, 4.69) is 18.7 Å². The van der Waals surface area contributed by atoms with Crippen molar-refractivity contribution in [1.29, 1.82) is 0 Å². The Balaban J connectivity index is 2.37. The molecule has 11 heavy (non-hydrogen) atoms. The third-order valence-electron chi connectivity index (χ3n) is 2.60. The van der Waals surface area contributed by atoms with Gasteiger partial charge in [-0.05, 0) is 25.3 Å². The quantitative estimate of drug-likeness (QED) is 0.662. The number of hydrogen-bond acceptors (Lipinski definition) is 2. The molecule has 0 spiro atoms. The Morgan fingerprint density at radius 2 is 2.27 bits per heavy atom. The fourth-order valence-corrected chi connectivity index (χ4v) is 2.05. The summed E-state index contributed by atoms with van der Waals surface area (Å²) in [5, 5.41) is 0. The van der Waals surface area contributed by atoms with Crippen molar-refractivity contribution in [1.82, 2.24) is 4.90 Å². The molecule has 2 nitrogen and oxygen atoms in total. The van der Waals surface area contributed by atoms with Crippen molar-refractivity contribution in [3.05, 3.63) is 0 Å². The summed E-state index contributed by atoms with van der Waals surface area (Å²) in [7, 11) is 0. The van der Waals surface area contributed by atoms with Crippen LogP contribution >= 0.6 is 0 Å². The molecule has 0 aromatic carbocycles. The van der Waals surface area contributed by atoms with E-state index in [0.717, 1.165) is 25.0 Å². The van der Waals surface area contributed by atoms with E-state index in [1.165, 1.54) is 19.4 Å². The van der Waals surface area contributed by atoms with Crippen molar-refractivity contribution in [2.45, 2.75) is 32.7 Å². The molecule has 1 saturated heterocycles. The molecular weight excluding hydrogens is 136 g/mol. The molecule has 66 valence electrons. The van der Waals surface area contributed by atoms with Crippen LogP contribution in [-0.2, 0) is 0 Å². The van der Waals surface area contributed by atoms with Gasteiger partial charge in [-0.2, -0.15) is 0 Å². The second-order valence-electron chi connectivity index (χ2n) is 3.78. The summed E-state index contributed by atoms with van der Waals surface area (Å²) in [6.45, 7) is 7.77. The molecule has 0 aromatic heterocycles. The molecule has 0 aliphatic carbocycles. The lowest BCUT2D eigenvalue weighted by atomic mass is 10.0. The van der Waals surface area contributed by atoms with E-state index < -0.39 is 0 Å². The lowest BCUT2D eigenvalue weighted by molar-refractivity contribution is 0.212. The first kappa shape index (κ1) is 9.01. The van der Waals surface area contributed by atoms with E-state index in [0.29, 0.717) is 0 Å². The van der Waals surface area contributed by atoms with Crippen molar-refractivity contribution in [2.24, 2.45) is 11.7 Å². The number of nitrogens with two attached hydrogens (primary N) is 1. The smallest absolute Gasteiger partial charge is 0.0119 e. The van der Waals surface area contributed by atoms with Crippen LogP contribution in [0.5, 0.6) is 0 Å². The summed E-state index contributed by atoms with van der Waals surface area (Å²) in [6, 6.07) is 0.804. The van der Waals surface area contributed by atoms with Gasteiger partial charge in [-0.15, -0.1) is 0 Å². The van der Waals surface area contributed by atoms with Gasteiger partial charge in [0.2, 0.25) is 0 Å². The summed E-state index contributed by atoms with van der Waals surface area (Å²) in [4.78, 5) is 2.53. The zero-order valence-electron chi connectivity index (χ0n) is 7.71. The monoisotopic (exact) mass is 156 g/mol. The summed E-state index contributed by atoms with van der Waals surface area (Å²) >= 11 is 0. The number of rotatable bonds is 3. The average Bonchev–Trinajstić information content (AvgIpc) is 2.36. The second kappa shape index (κ2) is 4.07. The third kappa shape index (κ3) is 2.17. The Morgan fingerprint density at radius 3 is 2.82 bits per heavy atom. The van der Waals surface area contributed by atoms with Gasteiger partial charge in [0, 0.05) is 19.1 Å². The Labute approximate surface area is 69.8 Å². The number of hydrogen-bond donors (Lipinski definition) is 1. The molecule has 1 aliphatic heterocycles. The van der Waals surface area contributed by atoms with Crippen molar-refractivity contribution < 1.29 is 0 Å².